The fourth-order valence-electron chi connectivity index (χ4n) is 6.24. The normalized spacial score (nSPS) is 28.2. The number of nitrogens with zero attached hydrogens (tertiary/aromatic N) is 3. The highest BCUT2D eigenvalue weighted by molar-refractivity contribution is 7.91. The Hall–Kier alpha value is -3.61. The lowest BCUT2D eigenvalue weighted by Crippen LogP contribution is -2.63. The van der Waals surface area contributed by atoms with Crippen LogP contribution in [0, 0.1) is 17.8 Å². The lowest BCUT2D eigenvalue weighted by Gasteiger charge is -2.48. The number of sulfonamides is 1. The van der Waals surface area contributed by atoms with Crippen LogP contribution in [0.4, 0.5) is 13.6 Å². The van der Waals surface area contributed by atoms with E-state index in [2.05, 4.69) is 9.97 Å². The van der Waals surface area contributed by atoms with Gasteiger partial charge in [-0.05, 0) is 70.2 Å². The van der Waals surface area contributed by atoms with E-state index in [0.29, 0.717) is 15.9 Å². The summed E-state index contributed by atoms with van der Waals surface area (Å²) in [6.45, 7) is 7.58. The highest BCUT2D eigenvalue weighted by Gasteiger charge is 2.66. The molecule has 2 bridgehead atoms. The number of carbonyl (C=O) groups is 2. The number of fused-ring (bicyclic) bond motifs is 2. The Kier molecular flexibility index (Phi) is 8.62. The van der Waals surface area contributed by atoms with Crippen molar-refractivity contribution in [3.63, 3.8) is 0 Å². The lowest BCUT2D eigenvalue weighted by molar-refractivity contribution is -0.119. The Morgan fingerprint density at radius 1 is 1.19 bits per heavy atom. The predicted molar refractivity (Wildman–Crippen MR) is 156 cm³/mol. The Bertz CT molecular complexity index is 1510. The molecule has 1 aliphatic carbocycles. The lowest BCUT2D eigenvalue weighted by atomic mass is 9.75. The summed E-state index contributed by atoms with van der Waals surface area (Å²) in [5.74, 6) is -7.12. The van der Waals surface area contributed by atoms with Crippen LogP contribution in [0.5, 0.6) is 5.88 Å². The van der Waals surface area contributed by atoms with Gasteiger partial charge in [0, 0.05) is 42.3 Å². The van der Waals surface area contributed by atoms with Crippen LogP contribution in [0.15, 0.2) is 42.7 Å². The Labute approximate surface area is 250 Å². The van der Waals surface area contributed by atoms with Crippen molar-refractivity contribution in [3.05, 3.63) is 48.4 Å². The van der Waals surface area contributed by atoms with Crippen LogP contribution in [0.2, 0.25) is 0 Å². The van der Waals surface area contributed by atoms with Gasteiger partial charge in [-0.25, -0.2) is 31.3 Å². The minimum Gasteiger partial charge on any atom is -0.481 e. The van der Waals surface area contributed by atoms with E-state index < -0.39 is 74.9 Å². The molecule has 3 heterocycles. The topological polar surface area (TPSA) is 142 Å². The zero-order valence-electron chi connectivity index (χ0n) is 25.1. The summed E-state index contributed by atoms with van der Waals surface area (Å²) in [6, 6.07) is 6.08. The van der Waals surface area contributed by atoms with Crippen LogP contribution < -0.4 is 10.5 Å². The number of methoxy groups -OCH3 is 1. The number of hydrogen-bond acceptors (Lipinski definition) is 8. The van der Waals surface area contributed by atoms with Crippen LogP contribution in [0.25, 0.3) is 17.2 Å². The maximum absolute atomic E-state index is 15.9. The number of primary amides is 1. The number of pyridine rings is 2. The van der Waals surface area contributed by atoms with Gasteiger partial charge in [0.2, 0.25) is 21.8 Å². The Balaban J connectivity index is 1.77. The second-order valence-electron chi connectivity index (χ2n) is 12.4. The summed E-state index contributed by atoms with van der Waals surface area (Å²) in [5, 5.41) is 0. The molecule has 0 radical (unpaired) electrons. The monoisotopic (exact) mass is 620 g/mol. The van der Waals surface area contributed by atoms with E-state index in [9.17, 15) is 18.0 Å². The van der Waals surface area contributed by atoms with Crippen LogP contribution in [-0.2, 0) is 19.6 Å². The zero-order valence-corrected chi connectivity index (χ0v) is 25.9. The minimum atomic E-state index is -4.79. The van der Waals surface area contributed by atoms with E-state index >= 15 is 8.78 Å². The number of rotatable bonds is 6. The molecule has 234 valence electrons. The maximum atomic E-state index is 15.9. The quantitative estimate of drug-likeness (QED) is 0.473. The largest absolute Gasteiger partial charge is 0.481 e. The average Bonchev–Trinajstić information content (AvgIpc) is 2.97. The molecule has 1 saturated heterocycles. The van der Waals surface area contributed by atoms with Crippen molar-refractivity contribution in [2.45, 2.75) is 76.2 Å². The van der Waals surface area contributed by atoms with Crippen molar-refractivity contribution in [1.29, 1.82) is 0 Å². The summed E-state index contributed by atoms with van der Waals surface area (Å²) in [4.78, 5) is 34.1. The molecule has 1 saturated carbocycles. The summed E-state index contributed by atoms with van der Waals surface area (Å²) in [7, 11) is -3.28. The molecule has 2 aromatic heterocycles. The number of nitrogens with two attached hydrogens (primary N) is 1. The molecule has 2 amide bonds. The summed E-state index contributed by atoms with van der Waals surface area (Å²) in [5.41, 5.74) is 6.33. The highest BCUT2D eigenvalue weighted by atomic mass is 32.2. The first-order valence-corrected chi connectivity index (χ1v) is 15.4. The van der Waals surface area contributed by atoms with Crippen molar-refractivity contribution in [3.8, 4) is 17.0 Å². The Morgan fingerprint density at radius 3 is 2.47 bits per heavy atom. The third-order valence-corrected chi connectivity index (χ3v) is 10.9. The van der Waals surface area contributed by atoms with Crippen molar-refractivity contribution < 1.29 is 36.3 Å². The number of halogens is 2. The van der Waals surface area contributed by atoms with Crippen LogP contribution in [-0.4, -0.2) is 64.1 Å². The molecule has 5 atom stereocenters. The van der Waals surface area contributed by atoms with Crippen LogP contribution >= 0.6 is 0 Å². The Morgan fingerprint density at radius 2 is 1.88 bits per heavy atom. The number of aromatic nitrogens is 2. The van der Waals surface area contributed by atoms with Gasteiger partial charge in [-0.2, -0.15) is 0 Å². The number of ether oxygens (including phenoxy) is 2. The smallest absolute Gasteiger partial charge is 0.424 e. The van der Waals surface area contributed by atoms with Gasteiger partial charge in [0.1, 0.15) is 10.3 Å². The van der Waals surface area contributed by atoms with Crippen LogP contribution in [0.1, 0.15) is 59.6 Å². The number of alkyl halides is 2. The van der Waals surface area contributed by atoms with Gasteiger partial charge < -0.3 is 15.2 Å². The SMILES string of the molecule is COc1ncccc1-c1ccc(/C=C/[C@@H]2[C@@H]3CC(CC(N)=O)(CC(F)(F)[C@H]2C)S(=O)(=O)N(C(=O)OC(C)(C)C)[C@@H]3C)nc1. The third kappa shape index (κ3) is 6.22. The van der Waals surface area contributed by atoms with Crippen molar-refractivity contribution in [2.24, 2.45) is 23.5 Å². The summed E-state index contributed by atoms with van der Waals surface area (Å²) < 4.78 is 68.8. The summed E-state index contributed by atoms with van der Waals surface area (Å²) >= 11 is 0. The molecule has 2 aliphatic rings. The zero-order chi connectivity index (χ0) is 32.0. The van der Waals surface area contributed by atoms with Gasteiger partial charge in [-0.3, -0.25) is 9.78 Å². The van der Waals surface area contributed by atoms with E-state index in [1.54, 1.807) is 63.5 Å². The van der Waals surface area contributed by atoms with Crippen LogP contribution in [0.3, 0.4) is 0 Å². The molecule has 2 aromatic rings. The fourth-order valence-corrected chi connectivity index (χ4v) is 8.59. The molecule has 13 heteroatoms. The standard InChI is InChI=1S/C30H38F2N4O6S/c1-18-22(12-11-21-10-9-20(16-35-21)23-8-7-13-34-26(23)41-6)24-14-29(15-25(33)37,17-30(18,31)32)43(39,40)36(19(24)2)27(38)42-28(3,4)5/h7-13,16,18-19,22,24H,14-15,17H2,1-6H3,(H2,33,37)/b12-11+/t18-,19+,22-,24+,29?/m0/s1. The van der Waals surface area contributed by atoms with Gasteiger partial charge in [-0.15, -0.1) is 0 Å². The van der Waals surface area contributed by atoms with Crippen molar-refractivity contribution >= 4 is 28.1 Å². The van der Waals surface area contributed by atoms with E-state index in [1.807, 2.05) is 6.07 Å². The molecular formula is C30H38F2N4O6S. The van der Waals surface area contributed by atoms with Gasteiger partial charge in [0.05, 0.1) is 18.8 Å². The van der Waals surface area contributed by atoms with Crippen molar-refractivity contribution in [1.82, 2.24) is 14.3 Å². The minimum absolute atomic E-state index is 0.277. The molecule has 0 spiro atoms. The predicted octanol–water partition coefficient (Wildman–Crippen LogP) is 5.05. The molecule has 0 aromatic carbocycles. The van der Waals surface area contributed by atoms with Gasteiger partial charge >= 0.3 is 6.09 Å². The summed E-state index contributed by atoms with van der Waals surface area (Å²) in [6.07, 6.45) is 2.96. The first kappa shape index (κ1) is 32.3. The van der Waals surface area contributed by atoms with Crippen molar-refractivity contribution in [2.75, 3.05) is 7.11 Å². The molecule has 1 unspecified atom stereocenters. The number of carbonyl (C=O) groups excluding carboxylic acids is 2. The van der Waals surface area contributed by atoms with E-state index in [0.717, 1.165) is 11.1 Å². The molecule has 4 rings (SSSR count). The van der Waals surface area contributed by atoms with Gasteiger partial charge in [0.25, 0.3) is 5.92 Å². The third-order valence-electron chi connectivity index (χ3n) is 8.32. The second-order valence-corrected chi connectivity index (χ2v) is 14.6. The number of allylic oxidation sites excluding steroid dienone is 1. The molecule has 2 N–H and O–H groups in total. The number of hydrogen-bond donors (Lipinski definition) is 1. The second kappa shape index (κ2) is 11.5. The number of amides is 2. The first-order valence-electron chi connectivity index (χ1n) is 14.0. The molecule has 43 heavy (non-hydrogen) atoms. The molecular weight excluding hydrogens is 582 g/mol. The average molecular weight is 621 g/mol. The van der Waals surface area contributed by atoms with Gasteiger partial charge in [-0.1, -0.05) is 19.1 Å². The molecule has 10 nitrogen and oxygen atoms in total. The first-order chi connectivity index (χ1) is 19.9. The molecule has 1 aliphatic heterocycles. The van der Waals surface area contributed by atoms with E-state index in [4.69, 9.17) is 15.2 Å². The van der Waals surface area contributed by atoms with E-state index in [1.165, 1.54) is 21.0 Å². The maximum Gasteiger partial charge on any atom is 0.424 e. The van der Waals surface area contributed by atoms with E-state index in [-0.39, 0.29) is 6.42 Å². The van der Waals surface area contributed by atoms with Gasteiger partial charge in [0.15, 0.2) is 0 Å². The highest BCUT2D eigenvalue weighted by Crippen LogP contribution is 2.56. The fraction of sp³-hybridized carbons (Fsp3) is 0.533. The molecule has 2 fully saturated rings.